The van der Waals surface area contributed by atoms with Crippen LogP contribution in [-0.2, 0) is 11.2 Å². The number of carboxylic acid groups (broad SMARTS) is 1. The van der Waals surface area contributed by atoms with E-state index in [0.717, 1.165) is 9.35 Å². The van der Waals surface area contributed by atoms with Crippen LogP contribution in [0, 0.1) is 5.82 Å². The number of carbonyl (C=O) groups is 1. The lowest BCUT2D eigenvalue weighted by Crippen LogP contribution is -2.13. The molecular weight excluding hydrogens is 319 g/mol. The first-order valence-corrected chi connectivity index (χ1v) is 6.94. The molecule has 0 fully saturated rings. The van der Waals surface area contributed by atoms with Crippen LogP contribution in [0.5, 0.6) is 0 Å². The molecule has 0 bridgehead atoms. The minimum atomic E-state index is -0.897. The molecule has 2 aromatic rings. The maximum absolute atomic E-state index is 12.8. The fraction of sp³-hybridized carbons (Fsp3) is 0.154. The predicted octanol–water partition coefficient (Wildman–Crippen LogP) is 4.06. The number of rotatable bonds is 4. The highest BCUT2D eigenvalue weighted by molar-refractivity contribution is 9.10. The van der Waals surface area contributed by atoms with Gasteiger partial charge in [0.15, 0.2) is 0 Å². The standard InChI is InChI=1S/C13H10BrFO2S/c14-9-5-11(18-7-9)6-12(13(16)17)8-1-3-10(15)4-2-8/h1-5,7,12H,6H2,(H,16,17). The van der Waals surface area contributed by atoms with Crippen LogP contribution in [0.15, 0.2) is 40.2 Å². The second-order valence-corrected chi connectivity index (χ2v) is 5.79. The van der Waals surface area contributed by atoms with E-state index in [9.17, 15) is 14.3 Å². The van der Waals surface area contributed by atoms with Crippen LogP contribution >= 0.6 is 27.3 Å². The summed E-state index contributed by atoms with van der Waals surface area (Å²) in [5.41, 5.74) is 0.619. The molecule has 0 aliphatic carbocycles. The van der Waals surface area contributed by atoms with Crippen LogP contribution in [0.1, 0.15) is 16.4 Å². The number of halogens is 2. The Bertz CT molecular complexity index is 550. The molecule has 0 amide bonds. The van der Waals surface area contributed by atoms with Crippen molar-refractivity contribution in [3.8, 4) is 0 Å². The Morgan fingerprint density at radius 1 is 1.39 bits per heavy atom. The predicted molar refractivity (Wildman–Crippen MR) is 72.5 cm³/mol. The van der Waals surface area contributed by atoms with Gasteiger partial charge in [0, 0.05) is 14.7 Å². The molecule has 1 aromatic heterocycles. The van der Waals surface area contributed by atoms with Gasteiger partial charge in [0.05, 0.1) is 5.92 Å². The van der Waals surface area contributed by atoms with Gasteiger partial charge in [-0.15, -0.1) is 11.3 Å². The molecule has 0 spiro atoms. The fourth-order valence-corrected chi connectivity index (χ4v) is 3.20. The Labute approximate surface area is 116 Å². The summed E-state index contributed by atoms with van der Waals surface area (Å²) in [6.45, 7) is 0. The lowest BCUT2D eigenvalue weighted by molar-refractivity contribution is -0.138. The van der Waals surface area contributed by atoms with Crippen molar-refractivity contribution in [1.82, 2.24) is 0 Å². The smallest absolute Gasteiger partial charge is 0.311 e. The summed E-state index contributed by atoms with van der Waals surface area (Å²) in [5, 5.41) is 11.2. The molecule has 0 saturated carbocycles. The summed E-state index contributed by atoms with van der Waals surface area (Å²) < 4.78 is 13.8. The molecule has 1 unspecified atom stereocenters. The lowest BCUT2D eigenvalue weighted by Gasteiger charge is -2.11. The van der Waals surface area contributed by atoms with Crippen LogP contribution in [-0.4, -0.2) is 11.1 Å². The summed E-state index contributed by atoms with van der Waals surface area (Å²) in [7, 11) is 0. The Hall–Kier alpha value is -1.20. The molecule has 1 heterocycles. The van der Waals surface area contributed by atoms with E-state index in [4.69, 9.17) is 0 Å². The van der Waals surface area contributed by atoms with Crippen molar-refractivity contribution in [3.63, 3.8) is 0 Å². The van der Waals surface area contributed by atoms with E-state index in [1.54, 1.807) is 0 Å². The van der Waals surface area contributed by atoms with E-state index in [0.29, 0.717) is 12.0 Å². The summed E-state index contributed by atoms with van der Waals surface area (Å²) in [6.07, 6.45) is 0.414. The summed E-state index contributed by atoms with van der Waals surface area (Å²) in [6, 6.07) is 7.53. The minimum Gasteiger partial charge on any atom is -0.481 e. The Morgan fingerprint density at radius 2 is 2.06 bits per heavy atom. The SMILES string of the molecule is O=C(O)C(Cc1cc(Br)cs1)c1ccc(F)cc1. The van der Waals surface area contributed by atoms with Gasteiger partial charge in [0.1, 0.15) is 5.82 Å². The van der Waals surface area contributed by atoms with Crippen molar-refractivity contribution in [1.29, 1.82) is 0 Å². The molecule has 1 aromatic carbocycles. The van der Waals surface area contributed by atoms with E-state index in [1.807, 2.05) is 11.4 Å². The highest BCUT2D eigenvalue weighted by atomic mass is 79.9. The quantitative estimate of drug-likeness (QED) is 0.918. The number of aliphatic carboxylic acids is 1. The van der Waals surface area contributed by atoms with Crippen molar-refractivity contribution >= 4 is 33.2 Å². The monoisotopic (exact) mass is 328 g/mol. The van der Waals surface area contributed by atoms with Gasteiger partial charge < -0.3 is 5.11 Å². The first kappa shape index (κ1) is 13.2. The molecule has 18 heavy (non-hydrogen) atoms. The van der Waals surface area contributed by atoms with E-state index in [-0.39, 0.29) is 5.82 Å². The summed E-state index contributed by atoms with van der Waals surface area (Å²) >= 11 is 4.85. The maximum atomic E-state index is 12.8. The zero-order valence-corrected chi connectivity index (χ0v) is 11.7. The largest absolute Gasteiger partial charge is 0.481 e. The van der Waals surface area contributed by atoms with Crippen LogP contribution in [0.2, 0.25) is 0 Å². The first-order valence-electron chi connectivity index (χ1n) is 5.27. The molecule has 0 saturated heterocycles. The highest BCUT2D eigenvalue weighted by Gasteiger charge is 2.21. The topological polar surface area (TPSA) is 37.3 Å². The second-order valence-electron chi connectivity index (χ2n) is 3.88. The van der Waals surface area contributed by atoms with Gasteiger partial charge in [-0.2, -0.15) is 0 Å². The van der Waals surface area contributed by atoms with Crippen molar-refractivity contribution in [2.45, 2.75) is 12.3 Å². The molecule has 94 valence electrons. The van der Waals surface area contributed by atoms with Crippen molar-refractivity contribution in [2.24, 2.45) is 0 Å². The lowest BCUT2D eigenvalue weighted by atomic mass is 9.95. The highest BCUT2D eigenvalue weighted by Crippen LogP contribution is 2.27. The van der Waals surface area contributed by atoms with Crippen LogP contribution in [0.4, 0.5) is 4.39 Å². The summed E-state index contributed by atoms with van der Waals surface area (Å²) in [4.78, 5) is 12.3. The van der Waals surface area contributed by atoms with E-state index >= 15 is 0 Å². The third kappa shape index (κ3) is 3.17. The zero-order chi connectivity index (χ0) is 13.1. The number of hydrogen-bond donors (Lipinski definition) is 1. The van der Waals surface area contributed by atoms with Crippen molar-refractivity contribution < 1.29 is 14.3 Å². The third-order valence-electron chi connectivity index (χ3n) is 2.60. The second kappa shape index (κ2) is 5.63. The normalized spacial score (nSPS) is 12.3. The molecule has 0 radical (unpaired) electrons. The zero-order valence-electron chi connectivity index (χ0n) is 9.27. The maximum Gasteiger partial charge on any atom is 0.311 e. The molecule has 2 nitrogen and oxygen atoms in total. The molecule has 0 aliphatic heterocycles. The van der Waals surface area contributed by atoms with Crippen molar-refractivity contribution in [3.05, 3.63) is 56.4 Å². The van der Waals surface area contributed by atoms with Crippen LogP contribution < -0.4 is 0 Å². The molecule has 1 N–H and O–H groups in total. The van der Waals surface area contributed by atoms with Gasteiger partial charge in [-0.3, -0.25) is 4.79 Å². The van der Waals surface area contributed by atoms with Gasteiger partial charge in [0.25, 0.3) is 0 Å². The van der Waals surface area contributed by atoms with Gasteiger partial charge >= 0.3 is 5.97 Å². The van der Waals surface area contributed by atoms with E-state index in [1.165, 1.54) is 35.6 Å². The van der Waals surface area contributed by atoms with Gasteiger partial charge in [0.2, 0.25) is 0 Å². The van der Waals surface area contributed by atoms with Gasteiger partial charge in [-0.1, -0.05) is 12.1 Å². The number of thiophene rings is 1. The van der Waals surface area contributed by atoms with Crippen LogP contribution in [0.25, 0.3) is 0 Å². The third-order valence-corrected chi connectivity index (χ3v) is 4.32. The average molecular weight is 329 g/mol. The number of benzene rings is 1. The fourth-order valence-electron chi connectivity index (χ4n) is 1.70. The van der Waals surface area contributed by atoms with Crippen LogP contribution in [0.3, 0.4) is 0 Å². The van der Waals surface area contributed by atoms with Gasteiger partial charge in [-0.25, -0.2) is 4.39 Å². The first-order chi connectivity index (χ1) is 8.56. The molecule has 0 aliphatic rings. The number of hydrogen-bond acceptors (Lipinski definition) is 2. The summed E-state index contributed by atoms with van der Waals surface area (Å²) in [5.74, 6) is -1.90. The molecule has 5 heteroatoms. The van der Waals surface area contributed by atoms with E-state index < -0.39 is 11.9 Å². The van der Waals surface area contributed by atoms with Crippen molar-refractivity contribution in [2.75, 3.05) is 0 Å². The van der Waals surface area contributed by atoms with E-state index in [2.05, 4.69) is 15.9 Å². The van der Waals surface area contributed by atoms with Gasteiger partial charge in [-0.05, 0) is 46.1 Å². The molecule has 2 rings (SSSR count). The number of carboxylic acids is 1. The minimum absolute atomic E-state index is 0.359. The Morgan fingerprint density at radius 3 is 2.56 bits per heavy atom. The Kier molecular flexibility index (Phi) is 4.14. The average Bonchev–Trinajstić information content (AvgIpc) is 2.73. The molecular formula is C13H10BrFO2S. The molecule has 1 atom stereocenters. The Balaban J connectivity index is 2.23.